The highest BCUT2D eigenvalue weighted by Gasteiger charge is 2.14. The number of rotatable bonds is 1. The van der Waals surface area contributed by atoms with Gasteiger partial charge in [0.05, 0.1) is 16.4 Å². The second-order valence-corrected chi connectivity index (χ2v) is 4.62. The highest BCUT2D eigenvalue weighted by Crippen LogP contribution is 2.26. The standard InChI is InChI=1S/C9H13BrN2O/c1-9(2,3)13-8-7(10)4-6(11)5-12-8/h4-5H,11H2,1-3H3. The number of nitrogens with two attached hydrogens (primary N) is 1. The summed E-state index contributed by atoms with van der Waals surface area (Å²) < 4.78 is 6.35. The van der Waals surface area contributed by atoms with Crippen molar-refractivity contribution in [1.29, 1.82) is 0 Å². The lowest BCUT2D eigenvalue weighted by Gasteiger charge is -2.20. The fraction of sp³-hybridized carbons (Fsp3) is 0.444. The summed E-state index contributed by atoms with van der Waals surface area (Å²) in [6.07, 6.45) is 1.58. The zero-order valence-corrected chi connectivity index (χ0v) is 9.55. The summed E-state index contributed by atoms with van der Waals surface area (Å²) >= 11 is 3.33. The number of halogens is 1. The fourth-order valence-electron chi connectivity index (χ4n) is 0.805. The summed E-state index contributed by atoms with van der Waals surface area (Å²) in [5, 5.41) is 0. The molecule has 0 aliphatic carbocycles. The Morgan fingerprint density at radius 1 is 1.46 bits per heavy atom. The Morgan fingerprint density at radius 2 is 2.08 bits per heavy atom. The number of nitrogens with zero attached hydrogens (tertiary/aromatic N) is 1. The Balaban J connectivity index is 2.90. The van der Waals surface area contributed by atoms with Crippen molar-refractivity contribution in [3.8, 4) is 5.88 Å². The third kappa shape index (κ3) is 3.22. The van der Waals surface area contributed by atoms with E-state index in [0.717, 1.165) is 4.47 Å². The molecular weight excluding hydrogens is 232 g/mol. The second kappa shape index (κ2) is 3.54. The molecule has 1 aromatic rings. The van der Waals surface area contributed by atoms with Crippen LogP contribution in [0.25, 0.3) is 0 Å². The molecule has 0 aromatic carbocycles. The molecule has 0 aliphatic heterocycles. The number of anilines is 1. The Kier molecular flexibility index (Phi) is 2.81. The van der Waals surface area contributed by atoms with Gasteiger partial charge in [0.15, 0.2) is 0 Å². The highest BCUT2D eigenvalue weighted by atomic mass is 79.9. The van der Waals surface area contributed by atoms with Crippen molar-refractivity contribution in [2.45, 2.75) is 26.4 Å². The maximum atomic E-state index is 5.57. The molecule has 0 atom stereocenters. The third-order valence-corrected chi connectivity index (χ3v) is 1.80. The maximum absolute atomic E-state index is 5.57. The van der Waals surface area contributed by atoms with Crippen LogP contribution in [-0.2, 0) is 0 Å². The second-order valence-electron chi connectivity index (χ2n) is 3.77. The van der Waals surface area contributed by atoms with Crippen LogP contribution >= 0.6 is 15.9 Å². The highest BCUT2D eigenvalue weighted by molar-refractivity contribution is 9.10. The molecule has 3 nitrogen and oxygen atoms in total. The van der Waals surface area contributed by atoms with Crippen LogP contribution < -0.4 is 10.5 Å². The van der Waals surface area contributed by atoms with Crippen molar-refractivity contribution in [3.05, 3.63) is 16.7 Å². The molecule has 0 spiro atoms. The molecule has 72 valence electrons. The minimum absolute atomic E-state index is 0.244. The van der Waals surface area contributed by atoms with Gasteiger partial charge in [-0.15, -0.1) is 0 Å². The van der Waals surface area contributed by atoms with Crippen LogP contribution in [0.15, 0.2) is 16.7 Å². The van der Waals surface area contributed by atoms with Gasteiger partial charge in [-0.05, 0) is 42.8 Å². The topological polar surface area (TPSA) is 48.1 Å². The average molecular weight is 245 g/mol. The predicted molar refractivity (Wildman–Crippen MR) is 56.7 cm³/mol. The van der Waals surface area contributed by atoms with E-state index in [0.29, 0.717) is 11.6 Å². The summed E-state index contributed by atoms with van der Waals surface area (Å²) in [6, 6.07) is 1.77. The molecule has 0 radical (unpaired) electrons. The molecule has 1 heterocycles. The van der Waals surface area contributed by atoms with Crippen molar-refractivity contribution in [2.75, 3.05) is 5.73 Å². The normalized spacial score (nSPS) is 11.4. The van der Waals surface area contributed by atoms with Gasteiger partial charge in [0.25, 0.3) is 0 Å². The number of pyridine rings is 1. The molecule has 1 rings (SSSR count). The molecule has 0 bridgehead atoms. The van der Waals surface area contributed by atoms with E-state index in [1.165, 1.54) is 0 Å². The molecule has 0 amide bonds. The van der Waals surface area contributed by atoms with Gasteiger partial charge in [0, 0.05) is 0 Å². The number of ether oxygens (including phenoxy) is 1. The van der Waals surface area contributed by atoms with E-state index >= 15 is 0 Å². The lowest BCUT2D eigenvalue weighted by molar-refractivity contribution is 0.123. The molecule has 0 fully saturated rings. The molecule has 0 saturated heterocycles. The van der Waals surface area contributed by atoms with E-state index in [-0.39, 0.29) is 5.60 Å². The van der Waals surface area contributed by atoms with Crippen LogP contribution in [0, 0.1) is 0 Å². The third-order valence-electron chi connectivity index (χ3n) is 1.23. The van der Waals surface area contributed by atoms with Gasteiger partial charge in [-0.25, -0.2) is 4.98 Å². The summed E-state index contributed by atoms with van der Waals surface area (Å²) in [4.78, 5) is 4.07. The summed E-state index contributed by atoms with van der Waals surface area (Å²) in [7, 11) is 0. The van der Waals surface area contributed by atoms with E-state index in [4.69, 9.17) is 10.5 Å². The van der Waals surface area contributed by atoms with Crippen molar-refractivity contribution >= 4 is 21.6 Å². The van der Waals surface area contributed by atoms with Crippen LogP contribution in [0.5, 0.6) is 5.88 Å². The molecule has 0 saturated carbocycles. The van der Waals surface area contributed by atoms with Crippen molar-refractivity contribution in [2.24, 2.45) is 0 Å². The average Bonchev–Trinajstić information content (AvgIpc) is 1.93. The molecule has 4 heteroatoms. The Morgan fingerprint density at radius 3 is 2.54 bits per heavy atom. The zero-order chi connectivity index (χ0) is 10.1. The number of hydrogen-bond donors (Lipinski definition) is 1. The maximum Gasteiger partial charge on any atom is 0.228 e. The quantitative estimate of drug-likeness (QED) is 0.827. The molecule has 1 aromatic heterocycles. The summed E-state index contributed by atoms with van der Waals surface area (Å²) in [5.74, 6) is 0.571. The first kappa shape index (κ1) is 10.3. The van der Waals surface area contributed by atoms with Crippen LogP contribution in [0.1, 0.15) is 20.8 Å². The molecule has 0 unspecified atom stereocenters. The first-order chi connectivity index (χ1) is 5.88. The smallest absolute Gasteiger partial charge is 0.228 e. The first-order valence-electron chi connectivity index (χ1n) is 3.98. The number of hydrogen-bond acceptors (Lipinski definition) is 3. The van der Waals surface area contributed by atoms with Crippen molar-refractivity contribution in [1.82, 2.24) is 4.98 Å². The van der Waals surface area contributed by atoms with Crippen LogP contribution in [-0.4, -0.2) is 10.6 Å². The molecule has 13 heavy (non-hydrogen) atoms. The van der Waals surface area contributed by atoms with Gasteiger partial charge in [-0.1, -0.05) is 0 Å². The van der Waals surface area contributed by atoms with Gasteiger partial charge in [-0.2, -0.15) is 0 Å². The van der Waals surface area contributed by atoms with Crippen LogP contribution in [0.4, 0.5) is 5.69 Å². The molecular formula is C9H13BrN2O. The summed E-state index contributed by atoms with van der Waals surface area (Å²) in [5.41, 5.74) is 5.92. The Labute approximate surface area is 86.4 Å². The number of nitrogen functional groups attached to an aromatic ring is 1. The largest absolute Gasteiger partial charge is 0.471 e. The van der Waals surface area contributed by atoms with E-state index in [9.17, 15) is 0 Å². The lowest BCUT2D eigenvalue weighted by atomic mass is 10.2. The van der Waals surface area contributed by atoms with Crippen molar-refractivity contribution in [3.63, 3.8) is 0 Å². The Hall–Kier alpha value is -0.770. The minimum Gasteiger partial charge on any atom is -0.471 e. The molecule has 0 aliphatic rings. The van der Waals surface area contributed by atoms with E-state index in [1.54, 1.807) is 12.3 Å². The SMILES string of the molecule is CC(C)(C)Oc1ncc(N)cc1Br. The van der Waals surface area contributed by atoms with Gasteiger partial charge in [0.2, 0.25) is 5.88 Å². The van der Waals surface area contributed by atoms with Crippen LogP contribution in [0.2, 0.25) is 0 Å². The van der Waals surface area contributed by atoms with Gasteiger partial charge in [0.1, 0.15) is 5.60 Å². The first-order valence-corrected chi connectivity index (χ1v) is 4.78. The minimum atomic E-state index is -0.244. The lowest BCUT2D eigenvalue weighted by Crippen LogP contribution is -2.23. The predicted octanol–water partition coefficient (Wildman–Crippen LogP) is 2.60. The van der Waals surface area contributed by atoms with Gasteiger partial charge >= 0.3 is 0 Å². The van der Waals surface area contributed by atoms with Crippen LogP contribution in [0.3, 0.4) is 0 Å². The van der Waals surface area contributed by atoms with Crippen molar-refractivity contribution < 1.29 is 4.74 Å². The van der Waals surface area contributed by atoms with E-state index < -0.39 is 0 Å². The van der Waals surface area contributed by atoms with E-state index in [2.05, 4.69) is 20.9 Å². The monoisotopic (exact) mass is 244 g/mol. The zero-order valence-electron chi connectivity index (χ0n) is 7.97. The number of aromatic nitrogens is 1. The van der Waals surface area contributed by atoms with Gasteiger partial charge < -0.3 is 10.5 Å². The fourth-order valence-corrected chi connectivity index (χ4v) is 1.25. The molecule has 2 N–H and O–H groups in total. The Bertz CT molecular complexity index is 307. The van der Waals surface area contributed by atoms with Gasteiger partial charge in [-0.3, -0.25) is 0 Å². The van der Waals surface area contributed by atoms with E-state index in [1.807, 2.05) is 20.8 Å². The summed E-state index contributed by atoms with van der Waals surface area (Å²) in [6.45, 7) is 5.91.